The van der Waals surface area contributed by atoms with Gasteiger partial charge in [-0.15, -0.1) is 50.6 Å². The molecule has 0 saturated carbocycles. The van der Waals surface area contributed by atoms with Crippen molar-refractivity contribution < 1.29 is 219 Å². The fourth-order valence-electron chi connectivity index (χ4n) is 15.0. The molecule has 0 radical (unpaired) electrons. The van der Waals surface area contributed by atoms with Gasteiger partial charge in [-0.2, -0.15) is 0 Å². The Labute approximate surface area is 830 Å². The zero-order chi connectivity index (χ0) is 105. The fourth-order valence-corrected chi connectivity index (χ4v) is 18.2. The Balaban J connectivity index is 1.00. The first-order chi connectivity index (χ1) is 67.9. The minimum absolute atomic E-state index is 0.00385. The molecule has 0 aliphatic carbocycles. The van der Waals surface area contributed by atoms with Crippen molar-refractivity contribution in [3.05, 3.63) is 35.7 Å². The van der Waals surface area contributed by atoms with Gasteiger partial charge in [0.2, 0.25) is 0 Å². The van der Waals surface area contributed by atoms with E-state index in [-0.39, 0.29) is 114 Å². The number of carbonyl (C=O) groups excluding carboxylic acids is 17. The van der Waals surface area contributed by atoms with Crippen LogP contribution in [-0.4, -0.2) is 388 Å². The maximum absolute atomic E-state index is 13.7. The Morgan fingerprint density at radius 3 is 0.825 bits per heavy atom. The average molecular weight is 2100 g/mol. The lowest BCUT2D eigenvalue weighted by Gasteiger charge is -2.49. The largest absolute Gasteiger partial charge is 0.463 e. The molecule has 0 spiro atoms. The SMILES string of the molecule is CC(=O)OC[C@H]1O[C@@H](SCCOCCOCc2cn(C[C@H]3O[C@@H](n4cc(COCCOCCS[C@@H]5O[C@H](COC(C)=O)[C@H](OC(C)=O)[C@H](OC(C)=O)[C@H]5OC(C)=O)nn4)[C@H](OC(C)=O)[C@@H](OC(C)=O)[C@@H]3O[C@H]3O[C@H](Cn4cc(COCCOCCS[C@@H]5O[C@H](COC(C)=O)[C@H](OC(C)=O)[C@H](OC(C)=O)[C@H]5OC(C)=O)nn4)[C@@H](OC(C)=O)[C@H](OC(C)=O)[C@H]3OC(C)=O)nn2)[C@H](OC(C)=O)[C@@H](OC(C)=O)[C@H]1OC(C)=O. The van der Waals surface area contributed by atoms with Gasteiger partial charge in [-0.25, -0.2) is 14.0 Å². The normalized spacial score (nSPS) is 27.2. The van der Waals surface area contributed by atoms with Gasteiger partial charge < -0.3 is 137 Å². The first-order valence-corrected chi connectivity index (χ1v) is 47.8. The van der Waals surface area contributed by atoms with Gasteiger partial charge in [0.1, 0.15) is 89.8 Å². The standard InChI is InChI=1S/C85H119N9O46S3/c1-41(95)118-38-63-68(122-45(5)99)73(127-50(10)104)78(132-55(15)109)83(137-63)141-27-24-112-18-21-115-35-58-30-92(89-86-58)33-61-67(71(125-48(8)102)76(130-53(13)107)81(135-61)94-32-60(88-91-94)37-117-23-20-114-26-29-143-85-80(134-57(17)111)75(129-52(12)106)70(124-47(7)101)65(139-85)40-120-43(3)97)140-82-77(131-54(14)108)72(126-49(9)103)66(121-44(4)98)62(136-82)34-93-31-59(87-90-93)36-116-22-19-113-25-28-142-84-79(133-56(16)110)74(128-51(11)105)69(123-46(6)100)64(138-84)39-119-42(2)96/h30-32,61-85H,18-29,33-40H2,1-17H3/t61-,62-,63-,64-,65-,66-,67-,68+,69+,70+,71+,72+,73+,74+,75+,76-,77-,78-,79-,80-,81-,82-,83+,84+,85+/m1/s1. The molecule has 3 aromatic heterocycles. The Hall–Kier alpha value is -11.0. The van der Waals surface area contributed by atoms with Gasteiger partial charge in [0.25, 0.3) is 0 Å². The topological polar surface area (TPSA) is 650 Å². The molecule has 3 aromatic rings. The molecular weight excluding hydrogens is 1980 g/mol. The third-order valence-corrected chi connectivity index (χ3v) is 23.3. The van der Waals surface area contributed by atoms with Crippen LogP contribution in [0.3, 0.4) is 0 Å². The Morgan fingerprint density at radius 2 is 0.510 bits per heavy atom. The second-order valence-electron chi connectivity index (χ2n) is 31.9. The average Bonchev–Trinajstić information content (AvgIpc) is 1.21. The summed E-state index contributed by atoms with van der Waals surface area (Å²) in [4.78, 5) is 214. The number of ether oxygens (including phenoxy) is 29. The van der Waals surface area contributed by atoms with E-state index < -0.39 is 285 Å². The van der Waals surface area contributed by atoms with E-state index in [4.69, 9.17) is 137 Å². The van der Waals surface area contributed by atoms with Gasteiger partial charge in [0, 0.05) is 135 Å². The molecule has 5 fully saturated rings. The van der Waals surface area contributed by atoms with Crippen molar-refractivity contribution >= 4 is 137 Å². The van der Waals surface area contributed by atoms with Crippen LogP contribution in [0.25, 0.3) is 0 Å². The van der Waals surface area contributed by atoms with Crippen LogP contribution in [0.5, 0.6) is 0 Å². The van der Waals surface area contributed by atoms with Crippen LogP contribution in [0.1, 0.15) is 141 Å². The van der Waals surface area contributed by atoms with E-state index in [9.17, 15) is 81.5 Å². The van der Waals surface area contributed by atoms with E-state index >= 15 is 0 Å². The third-order valence-electron chi connectivity index (χ3n) is 20.0. The van der Waals surface area contributed by atoms with Crippen molar-refractivity contribution in [2.24, 2.45) is 0 Å². The van der Waals surface area contributed by atoms with Crippen molar-refractivity contribution in [3.63, 3.8) is 0 Å². The molecule has 798 valence electrons. The van der Waals surface area contributed by atoms with E-state index in [0.717, 1.165) is 158 Å². The summed E-state index contributed by atoms with van der Waals surface area (Å²) in [5.41, 5.74) is -2.64. The maximum atomic E-state index is 13.7. The van der Waals surface area contributed by atoms with Crippen molar-refractivity contribution in [2.45, 2.75) is 302 Å². The zero-order valence-electron chi connectivity index (χ0n) is 81.3. The molecule has 8 heterocycles. The Bertz CT molecular complexity index is 4760. The number of nitrogens with zero attached hydrogens (tertiary/aromatic N) is 9. The number of carbonyl (C=O) groups is 17. The number of hydrogen-bond donors (Lipinski definition) is 0. The summed E-state index contributed by atoms with van der Waals surface area (Å²) in [5, 5.41) is 25.7. The summed E-state index contributed by atoms with van der Waals surface area (Å²) in [6.45, 7) is 15.7. The van der Waals surface area contributed by atoms with Gasteiger partial charge in [-0.05, 0) is 0 Å². The van der Waals surface area contributed by atoms with Crippen molar-refractivity contribution in [1.82, 2.24) is 45.0 Å². The second-order valence-corrected chi connectivity index (χ2v) is 35.6. The van der Waals surface area contributed by atoms with E-state index in [2.05, 4.69) is 30.9 Å². The van der Waals surface area contributed by atoms with Crippen LogP contribution in [-0.2, 0) is 252 Å². The number of aromatic nitrogens is 9. The quantitative estimate of drug-likeness (QED) is 0.0393. The molecule has 58 heteroatoms. The Kier molecular flexibility index (Phi) is 48.2. The van der Waals surface area contributed by atoms with Crippen LogP contribution >= 0.6 is 35.3 Å². The highest BCUT2D eigenvalue weighted by Crippen LogP contribution is 2.42. The molecule has 0 aromatic carbocycles. The third kappa shape index (κ3) is 39.1. The van der Waals surface area contributed by atoms with Crippen molar-refractivity contribution in [1.29, 1.82) is 0 Å². The summed E-state index contributed by atoms with van der Waals surface area (Å²) in [6, 6.07) is 0. The summed E-state index contributed by atoms with van der Waals surface area (Å²) in [6.07, 6.45) is -28.8. The van der Waals surface area contributed by atoms with Crippen molar-refractivity contribution in [2.75, 3.05) is 96.5 Å². The van der Waals surface area contributed by atoms with Crippen LogP contribution in [0.2, 0.25) is 0 Å². The smallest absolute Gasteiger partial charge is 0.303 e. The molecule has 0 unspecified atom stereocenters. The van der Waals surface area contributed by atoms with E-state index in [0.29, 0.717) is 0 Å². The van der Waals surface area contributed by atoms with Gasteiger partial charge in [-0.3, -0.25) is 81.5 Å². The zero-order valence-corrected chi connectivity index (χ0v) is 83.8. The number of thioether (sulfide) groups is 3. The highest BCUT2D eigenvalue weighted by atomic mass is 32.2. The maximum Gasteiger partial charge on any atom is 0.303 e. The first-order valence-electron chi connectivity index (χ1n) is 44.6. The predicted octanol–water partition coefficient (Wildman–Crippen LogP) is -0.424. The lowest BCUT2D eigenvalue weighted by Crippen LogP contribution is -2.66. The lowest BCUT2D eigenvalue weighted by molar-refractivity contribution is -0.348. The minimum atomic E-state index is -1.99. The molecule has 0 N–H and O–H groups in total. The fraction of sp³-hybridized carbons (Fsp3) is 0.729. The molecule has 25 atom stereocenters. The molecule has 5 aliphatic heterocycles. The van der Waals surface area contributed by atoms with Crippen LogP contribution < -0.4 is 0 Å². The van der Waals surface area contributed by atoms with Crippen LogP contribution in [0.15, 0.2) is 18.6 Å². The van der Waals surface area contributed by atoms with Crippen LogP contribution in [0.4, 0.5) is 0 Å². The molecule has 5 saturated heterocycles. The molecular formula is C85H119N9O46S3. The number of rotatable bonds is 54. The first kappa shape index (κ1) is 117. The molecule has 5 aliphatic rings. The van der Waals surface area contributed by atoms with Crippen LogP contribution in [0, 0.1) is 0 Å². The van der Waals surface area contributed by atoms with Crippen molar-refractivity contribution in [3.8, 4) is 0 Å². The minimum Gasteiger partial charge on any atom is -0.463 e. The Morgan fingerprint density at radius 1 is 0.259 bits per heavy atom. The van der Waals surface area contributed by atoms with Gasteiger partial charge in [0.05, 0.1) is 111 Å². The molecule has 143 heavy (non-hydrogen) atoms. The summed E-state index contributed by atoms with van der Waals surface area (Å²) >= 11 is 3.26. The summed E-state index contributed by atoms with van der Waals surface area (Å²) < 4.78 is 173. The number of hydrogen-bond acceptors (Lipinski definition) is 55. The molecule has 55 nitrogen and oxygen atoms in total. The molecule has 8 rings (SSSR count). The lowest BCUT2D eigenvalue weighted by atomic mass is 9.95. The van der Waals surface area contributed by atoms with Gasteiger partial charge in [0.15, 0.2) is 98.0 Å². The second kappa shape index (κ2) is 58.8. The van der Waals surface area contributed by atoms with E-state index in [1.54, 1.807) is 0 Å². The highest BCUT2D eigenvalue weighted by Gasteiger charge is 2.60. The van der Waals surface area contributed by atoms with E-state index in [1.807, 2.05) is 0 Å². The van der Waals surface area contributed by atoms with E-state index in [1.165, 1.54) is 28.0 Å². The predicted molar refractivity (Wildman–Crippen MR) is 470 cm³/mol. The summed E-state index contributed by atoms with van der Waals surface area (Å²) in [5.74, 6) is -13.6. The van der Waals surface area contributed by atoms with Gasteiger partial charge in [-0.1, -0.05) is 15.6 Å². The monoisotopic (exact) mass is 2100 g/mol. The van der Waals surface area contributed by atoms with Gasteiger partial charge >= 0.3 is 101 Å². The summed E-state index contributed by atoms with van der Waals surface area (Å²) in [7, 11) is 0. The molecule has 0 bridgehead atoms. The molecule has 0 amide bonds. The highest BCUT2D eigenvalue weighted by molar-refractivity contribution is 8.00. The number of esters is 17.